The molecule has 0 spiro atoms. The van der Waals surface area contributed by atoms with Gasteiger partial charge in [0.2, 0.25) is 5.91 Å². The van der Waals surface area contributed by atoms with E-state index in [1.807, 2.05) is 12.1 Å². The fourth-order valence-corrected chi connectivity index (χ4v) is 6.18. The Kier molecular flexibility index (Phi) is 5.91. The molecule has 0 aromatic heterocycles. The second kappa shape index (κ2) is 8.42. The normalized spacial score (nSPS) is 29.3. The highest BCUT2D eigenvalue weighted by Gasteiger charge is 2.54. The number of nitrogens with one attached hydrogen (secondary N) is 3. The van der Waals surface area contributed by atoms with Crippen molar-refractivity contribution in [3.8, 4) is 0 Å². The molecule has 4 aliphatic rings. The van der Waals surface area contributed by atoms with Crippen LogP contribution in [0.15, 0.2) is 24.3 Å². The Balaban J connectivity index is 1.31. The molecule has 1 aromatic carbocycles. The number of rotatable bonds is 6. The summed E-state index contributed by atoms with van der Waals surface area (Å²) in [5.41, 5.74) is 1.18. The number of thiocarbonyl (C=S) groups is 1. The molecule has 4 saturated carbocycles. The summed E-state index contributed by atoms with van der Waals surface area (Å²) < 4.78 is 0. The molecule has 0 aliphatic heterocycles. The lowest BCUT2D eigenvalue weighted by Crippen LogP contribution is -2.55. The molecule has 4 aliphatic carbocycles. The number of benzene rings is 1. The van der Waals surface area contributed by atoms with Crippen LogP contribution in [-0.4, -0.2) is 23.5 Å². The zero-order valence-corrected chi connectivity index (χ0v) is 17.9. The van der Waals surface area contributed by atoms with Gasteiger partial charge in [-0.3, -0.25) is 9.59 Å². The van der Waals surface area contributed by atoms with Gasteiger partial charge < -0.3 is 16.0 Å². The van der Waals surface area contributed by atoms with Crippen LogP contribution >= 0.6 is 12.2 Å². The van der Waals surface area contributed by atoms with Crippen LogP contribution in [0.2, 0.25) is 0 Å². The van der Waals surface area contributed by atoms with Crippen LogP contribution < -0.4 is 16.0 Å². The summed E-state index contributed by atoms with van der Waals surface area (Å²) in [6.07, 6.45) is 9.04. The number of hydrogen-bond donors (Lipinski definition) is 3. The number of anilines is 1. The number of amides is 2. The fourth-order valence-electron chi connectivity index (χ4n) is 5.97. The molecule has 3 N–H and O–H groups in total. The molecule has 5 nitrogen and oxygen atoms in total. The van der Waals surface area contributed by atoms with Crippen molar-refractivity contribution >= 4 is 34.8 Å². The molecule has 4 fully saturated rings. The van der Waals surface area contributed by atoms with Gasteiger partial charge in [-0.05, 0) is 99.2 Å². The Hall–Kier alpha value is -1.95. The van der Waals surface area contributed by atoms with E-state index in [-0.39, 0.29) is 17.2 Å². The molecular formula is C23H31N3O2S. The van der Waals surface area contributed by atoms with Crippen molar-refractivity contribution in [2.75, 3.05) is 11.9 Å². The third-order valence-corrected chi connectivity index (χ3v) is 7.17. The van der Waals surface area contributed by atoms with Gasteiger partial charge in [-0.1, -0.05) is 13.3 Å². The van der Waals surface area contributed by atoms with E-state index >= 15 is 0 Å². The molecule has 0 heterocycles. The maximum atomic E-state index is 13.1. The van der Waals surface area contributed by atoms with Gasteiger partial charge in [-0.2, -0.15) is 0 Å². The molecule has 0 atom stereocenters. The summed E-state index contributed by atoms with van der Waals surface area (Å²) >= 11 is 5.40. The lowest BCUT2D eigenvalue weighted by Gasteiger charge is -2.55. The van der Waals surface area contributed by atoms with E-state index in [0.717, 1.165) is 55.5 Å². The highest BCUT2D eigenvalue weighted by molar-refractivity contribution is 7.80. The van der Waals surface area contributed by atoms with Crippen molar-refractivity contribution in [1.82, 2.24) is 10.6 Å². The largest absolute Gasteiger partial charge is 0.352 e. The Morgan fingerprint density at radius 2 is 1.62 bits per heavy atom. The summed E-state index contributed by atoms with van der Waals surface area (Å²) in [6.45, 7) is 2.78. The van der Waals surface area contributed by atoms with E-state index < -0.39 is 0 Å². The zero-order chi connectivity index (χ0) is 20.4. The van der Waals surface area contributed by atoms with Crippen molar-refractivity contribution in [3.05, 3.63) is 29.8 Å². The van der Waals surface area contributed by atoms with Crippen molar-refractivity contribution in [2.24, 2.45) is 23.2 Å². The highest BCUT2D eigenvalue weighted by atomic mass is 32.1. The van der Waals surface area contributed by atoms with Gasteiger partial charge in [0.05, 0.1) is 5.41 Å². The lowest BCUT2D eigenvalue weighted by molar-refractivity contribution is -0.144. The average Bonchev–Trinajstić information content (AvgIpc) is 2.67. The first-order valence-electron chi connectivity index (χ1n) is 11.0. The smallest absolute Gasteiger partial charge is 0.251 e. The third-order valence-electron chi connectivity index (χ3n) is 6.97. The minimum Gasteiger partial charge on any atom is -0.352 e. The first kappa shape index (κ1) is 20.3. The predicted molar refractivity (Wildman–Crippen MR) is 119 cm³/mol. The molecule has 0 saturated heterocycles. The van der Waals surface area contributed by atoms with Crippen LogP contribution in [-0.2, 0) is 4.79 Å². The minimum atomic E-state index is -0.207. The molecule has 0 unspecified atom stereocenters. The van der Waals surface area contributed by atoms with Gasteiger partial charge in [-0.15, -0.1) is 0 Å². The summed E-state index contributed by atoms with van der Waals surface area (Å²) in [6, 6.07) is 7.18. The summed E-state index contributed by atoms with van der Waals surface area (Å²) in [5.74, 6) is 2.21. The van der Waals surface area contributed by atoms with Crippen molar-refractivity contribution in [1.29, 1.82) is 0 Å². The van der Waals surface area contributed by atoms with E-state index in [0.29, 0.717) is 17.2 Å². The molecule has 0 radical (unpaired) electrons. The van der Waals surface area contributed by atoms with Gasteiger partial charge >= 0.3 is 0 Å². The van der Waals surface area contributed by atoms with Crippen LogP contribution in [0.25, 0.3) is 0 Å². The van der Waals surface area contributed by atoms with E-state index in [1.54, 1.807) is 12.1 Å². The van der Waals surface area contributed by atoms with Gasteiger partial charge in [0.15, 0.2) is 5.11 Å². The van der Waals surface area contributed by atoms with Crippen LogP contribution in [0.3, 0.4) is 0 Å². The highest BCUT2D eigenvalue weighted by Crippen LogP contribution is 2.60. The van der Waals surface area contributed by atoms with Crippen molar-refractivity contribution in [2.45, 2.75) is 58.3 Å². The molecule has 5 rings (SSSR count). The van der Waals surface area contributed by atoms with E-state index in [1.165, 1.54) is 19.3 Å². The molecule has 2 amide bonds. The Morgan fingerprint density at radius 1 is 1.03 bits per heavy atom. The number of carbonyl (C=O) groups is 2. The van der Waals surface area contributed by atoms with Crippen LogP contribution in [0, 0.1) is 23.2 Å². The number of hydrogen-bond acceptors (Lipinski definition) is 3. The molecule has 6 heteroatoms. The summed E-state index contributed by atoms with van der Waals surface area (Å²) in [4.78, 5) is 25.2. The van der Waals surface area contributed by atoms with E-state index in [2.05, 4.69) is 22.9 Å². The van der Waals surface area contributed by atoms with Crippen LogP contribution in [0.4, 0.5) is 5.69 Å². The second-order valence-corrected chi connectivity index (χ2v) is 9.70. The maximum Gasteiger partial charge on any atom is 0.251 e. The first-order valence-corrected chi connectivity index (χ1v) is 11.4. The minimum absolute atomic E-state index is 0.0669. The van der Waals surface area contributed by atoms with Crippen LogP contribution in [0.1, 0.15) is 68.6 Å². The SMILES string of the molecule is CCCCNC(=O)c1ccc(NC(=S)NC(=O)C23CC4CC(CC(C4)C2)C3)cc1. The summed E-state index contributed by atoms with van der Waals surface area (Å²) in [5, 5.41) is 9.30. The monoisotopic (exact) mass is 413 g/mol. The fraction of sp³-hybridized carbons (Fsp3) is 0.609. The maximum absolute atomic E-state index is 13.1. The Bertz CT molecular complexity index is 755. The summed E-state index contributed by atoms with van der Waals surface area (Å²) in [7, 11) is 0. The zero-order valence-electron chi connectivity index (χ0n) is 17.1. The molecule has 29 heavy (non-hydrogen) atoms. The molecule has 156 valence electrons. The topological polar surface area (TPSA) is 70.2 Å². The van der Waals surface area contributed by atoms with Crippen molar-refractivity contribution < 1.29 is 9.59 Å². The van der Waals surface area contributed by atoms with Crippen LogP contribution in [0.5, 0.6) is 0 Å². The first-order chi connectivity index (χ1) is 14.0. The molecular weight excluding hydrogens is 382 g/mol. The Labute approximate surface area is 178 Å². The number of carbonyl (C=O) groups excluding carboxylic acids is 2. The van der Waals surface area contributed by atoms with Gasteiger partial charge in [0.1, 0.15) is 0 Å². The van der Waals surface area contributed by atoms with E-state index in [4.69, 9.17) is 12.2 Å². The molecule has 4 bridgehead atoms. The third kappa shape index (κ3) is 4.47. The quantitative estimate of drug-likeness (QED) is 0.482. The second-order valence-electron chi connectivity index (χ2n) is 9.29. The van der Waals surface area contributed by atoms with E-state index in [9.17, 15) is 9.59 Å². The van der Waals surface area contributed by atoms with Gasteiger partial charge in [0.25, 0.3) is 5.91 Å². The molecule has 1 aromatic rings. The van der Waals surface area contributed by atoms with Gasteiger partial charge in [-0.25, -0.2) is 0 Å². The average molecular weight is 414 g/mol. The number of unbranched alkanes of at least 4 members (excludes halogenated alkanes) is 1. The van der Waals surface area contributed by atoms with Crippen molar-refractivity contribution in [3.63, 3.8) is 0 Å². The predicted octanol–water partition coefficient (Wildman–Crippen LogP) is 4.25. The van der Waals surface area contributed by atoms with Gasteiger partial charge in [0, 0.05) is 17.8 Å². The standard InChI is InChI=1S/C23H31N3O2S/c1-2-3-8-24-20(27)18-4-6-19(7-5-18)25-22(29)26-21(28)23-12-15-9-16(13-23)11-17(10-15)14-23/h4-7,15-17H,2-3,8-14H2,1H3,(H,24,27)(H2,25,26,28,29). The Morgan fingerprint density at radius 3 is 2.17 bits per heavy atom. The lowest BCUT2D eigenvalue weighted by atomic mass is 9.49.